The number of aliphatic imine (C=N–C) groups is 1. The number of halogens is 1. The molecule has 0 unspecified atom stereocenters. The molecular weight excluding hydrogens is 389 g/mol. The first-order valence-electron chi connectivity index (χ1n) is 10.1. The highest BCUT2D eigenvalue weighted by Gasteiger charge is 2.15. The predicted molar refractivity (Wildman–Crippen MR) is 118 cm³/mol. The molecule has 1 fully saturated rings. The quantitative estimate of drug-likeness (QED) is 0.534. The topological polar surface area (TPSA) is 61.8 Å². The molecule has 6 nitrogen and oxygen atoms in total. The van der Waals surface area contributed by atoms with E-state index < -0.39 is 0 Å². The van der Waals surface area contributed by atoms with Gasteiger partial charge < -0.3 is 20.3 Å². The van der Waals surface area contributed by atoms with E-state index in [1.54, 1.807) is 17.4 Å². The third-order valence-corrected chi connectivity index (χ3v) is 5.96. The van der Waals surface area contributed by atoms with Crippen LogP contribution in [0.2, 0.25) is 0 Å². The average molecular weight is 420 g/mol. The highest BCUT2D eigenvalue weighted by Crippen LogP contribution is 2.22. The van der Waals surface area contributed by atoms with E-state index in [0.717, 1.165) is 54.8 Å². The number of anilines is 1. The smallest absolute Gasteiger partial charge is 0.191 e. The van der Waals surface area contributed by atoms with Gasteiger partial charge in [0.2, 0.25) is 0 Å². The van der Waals surface area contributed by atoms with Gasteiger partial charge in [0, 0.05) is 37.5 Å². The fourth-order valence-corrected chi connectivity index (χ4v) is 4.09. The molecule has 1 aromatic carbocycles. The first-order chi connectivity index (χ1) is 14.1. The van der Waals surface area contributed by atoms with Crippen molar-refractivity contribution in [2.45, 2.75) is 33.7 Å². The zero-order chi connectivity index (χ0) is 20.6. The molecular formula is C21H30FN5OS. The minimum absolute atomic E-state index is 0.202. The van der Waals surface area contributed by atoms with E-state index >= 15 is 0 Å². The molecule has 2 heterocycles. The van der Waals surface area contributed by atoms with E-state index in [9.17, 15) is 4.39 Å². The summed E-state index contributed by atoms with van der Waals surface area (Å²) in [6.45, 7) is 10.8. The van der Waals surface area contributed by atoms with E-state index in [0.29, 0.717) is 25.4 Å². The molecule has 3 rings (SSSR count). The van der Waals surface area contributed by atoms with Gasteiger partial charge in [0.1, 0.15) is 5.82 Å². The number of aromatic nitrogens is 1. The van der Waals surface area contributed by atoms with Gasteiger partial charge in [-0.1, -0.05) is 6.07 Å². The molecule has 8 heteroatoms. The van der Waals surface area contributed by atoms with Crippen molar-refractivity contribution in [1.29, 1.82) is 0 Å². The highest BCUT2D eigenvalue weighted by molar-refractivity contribution is 7.11. The normalized spacial score (nSPS) is 14.9. The molecule has 2 N–H and O–H groups in total. The predicted octanol–water partition coefficient (Wildman–Crippen LogP) is 3.03. The van der Waals surface area contributed by atoms with Crippen LogP contribution >= 0.6 is 11.3 Å². The summed E-state index contributed by atoms with van der Waals surface area (Å²) in [5.74, 6) is 0.530. The lowest BCUT2D eigenvalue weighted by atomic mass is 10.1. The number of nitrogens with zero attached hydrogens (tertiary/aromatic N) is 3. The maximum absolute atomic E-state index is 14.6. The Morgan fingerprint density at radius 3 is 2.72 bits per heavy atom. The Bertz CT molecular complexity index is 813. The minimum atomic E-state index is -0.202. The molecule has 1 aromatic heterocycles. The van der Waals surface area contributed by atoms with Crippen LogP contribution in [-0.4, -0.2) is 50.3 Å². The van der Waals surface area contributed by atoms with Gasteiger partial charge in [0.25, 0.3) is 0 Å². The molecule has 0 bridgehead atoms. The van der Waals surface area contributed by atoms with Crippen LogP contribution in [0.5, 0.6) is 0 Å². The van der Waals surface area contributed by atoms with Crippen LogP contribution in [0.4, 0.5) is 10.1 Å². The van der Waals surface area contributed by atoms with Gasteiger partial charge in [-0.25, -0.2) is 14.4 Å². The first kappa shape index (κ1) is 21.5. The number of ether oxygens (including phenoxy) is 1. The number of thiazole rings is 1. The van der Waals surface area contributed by atoms with Gasteiger partial charge in [-0.3, -0.25) is 0 Å². The van der Waals surface area contributed by atoms with Gasteiger partial charge in [-0.15, -0.1) is 11.3 Å². The van der Waals surface area contributed by atoms with Crippen molar-refractivity contribution < 1.29 is 9.13 Å². The standard InChI is InChI=1S/C21H30FN5OS/c1-4-23-21(24-8-7-20-26-15(2)16(3)29-20)25-14-17-5-6-19(18(22)13-17)27-9-11-28-12-10-27/h5-6,13H,4,7-12,14H2,1-3H3,(H2,23,24,25). The lowest BCUT2D eigenvalue weighted by molar-refractivity contribution is 0.122. The summed E-state index contributed by atoms with van der Waals surface area (Å²) in [5.41, 5.74) is 2.59. The number of morpholine rings is 1. The number of guanidine groups is 1. The van der Waals surface area contributed by atoms with E-state index in [1.807, 2.05) is 30.9 Å². The summed E-state index contributed by atoms with van der Waals surface area (Å²) in [6.07, 6.45) is 0.854. The third-order valence-electron chi connectivity index (χ3n) is 4.83. The second-order valence-electron chi connectivity index (χ2n) is 7.01. The largest absolute Gasteiger partial charge is 0.378 e. The second-order valence-corrected chi connectivity index (χ2v) is 8.29. The van der Waals surface area contributed by atoms with Gasteiger partial charge >= 0.3 is 0 Å². The zero-order valence-corrected chi connectivity index (χ0v) is 18.2. The Balaban J connectivity index is 1.56. The molecule has 0 saturated carbocycles. The van der Waals surface area contributed by atoms with Crippen LogP contribution in [0, 0.1) is 19.7 Å². The summed E-state index contributed by atoms with van der Waals surface area (Å²) in [6, 6.07) is 5.38. The minimum Gasteiger partial charge on any atom is -0.378 e. The Labute approximate surface area is 176 Å². The van der Waals surface area contributed by atoms with Crippen molar-refractivity contribution >= 4 is 23.0 Å². The first-order valence-corrected chi connectivity index (χ1v) is 10.9. The maximum atomic E-state index is 14.6. The van der Waals surface area contributed by atoms with E-state index in [-0.39, 0.29) is 5.82 Å². The molecule has 1 aliphatic rings. The molecule has 2 aromatic rings. The van der Waals surface area contributed by atoms with Crippen LogP contribution in [-0.2, 0) is 17.7 Å². The summed E-state index contributed by atoms with van der Waals surface area (Å²) in [5, 5.41) is 7.70. The summed E-state index contributed by atoms with van der Waals surface area (Å²) < 4.78 is 19.9. The highest BCUT2D eigenvalue weighted by atomic mass is 32.1. The zero-order valence-electron chi connectivity index (χ0n) is 17.4. The summed E-state index contributed by atoms with van der Waals surface area (Å²) >= 11 is 1.74. The van der Waals surface area contributed by atoms with E-state index in [1.165, 1.54) is 4.88 Å². The lowest BCUT2D eigenvalue weighted by Crippen LogP contribution is -2.38. The van der Waals surface area contributed by atoms with Crippen LogP contribution in [0.3, 0.4) is 0 Å². The molecule has 0 amide bonds. The van der Waals surface area contributed by atoms with Gasteiger partial charge in [0.15, 0.2) is 5.96 Å². The average Bonchev–Trinajstić information content (AvgIpc) is 3.04. The van der Waals surface area contributed by atoms with E-state index in [2.05, 4.69) is 27.5 Å². The van der Waals surface area contributed by atoms with Gasteiger partial charge in [-0.05, 0) is 38.5 Å². The second kappa shape index (κ2) is 10.5. The fourth-order valence-electron chi connectivity index (χ4n) is 3.16. The SMILES string of the molecule is CCNC(=NCc1ccc(N2CCOCC2)c(F)c1)NCCc1nc(C)c(C)s1. The Morgan fingerprint density at radius 2 is 2.07 bits per heavy atom. The lowest BCUT2D eigenvalue weighted by Gasteiger charge is -2.29. The summed E-state index contributed by atoms with van der Waals surface area (Å²) in [7, 11) is 0. The van der Waals surface area contributed by atoms with Crippen molar-refractivity contribution in [2.24, 2.45) is 4.99 Å². The van der Waals surface area contributed by atoms with Crippen molar-refractivity contribution in [1.82, 2.24) is 15.6 Å². The van der Waals surface area contributed by atoms with Crippen molar-refractivity contribution in [3.05, 3.63) is 45.2 Å². The number of hydrogen-bond acceptors (Lipinski definition) is 5. The Morgan fingerprint density at radius 1 is 1.28 bits per heavy atom. The van der Waals surface area contributed by atoms with Crippen molar-refractivity contribution in [3.8, 4) is 0 Å². The molecule has 29 heavy (non-hydrogen) atoms. The summed E-state index contributed by atoms with van der Waals surface area (Å²) in [4.78, 5) is 12.5. The van der Waals surface area contributed by atoms with Gasteiger partial charge in [-0.2, -0.15) is 0 Å². The number of hydrogen-bond donors (Lipinski definition) is 2. The number of nitrogens with one attached hydrogen (secondary N) is 2. The Kier molecular flexibility index (Phi) is 7.83. The van der Waals surface area contributed by atoms with E-state index in [4.69, 9.17) is 4.74 Å². The molecule has 0 atom stereocenters. The molecule has 0 spiro atoms. The van der Waals surface area contributed by atoms with Crippen LogP contribution in [0.1, 0.15) is 28.1 Å². The fraction of sp³-hybridized carbons (Fsp3) is 0.524. The molecule has 0 aliphatic carbocycles. The maximum Gasteiger partial charge on any atom is 0.191 e. The molecule has 158 valence electrons. The number of benzene rings is 1. The van der Waals surface area contributed by atoms with Crippen molar-refractivity contribution in [3.63, 3.8) is 0 Å². The van der Waals surface area contributed by atoms with Crippen LogP contribution in [0.25, 0.3) is 0 Å². The molecule has 0 radical (unpaired) electrons. The number of aryl methyl sites for hydroxylation is 2. The molecule has 1 aliphatic heterocycles. The number of rotatable bonds is 7. The van der Waals surface area contributed by atoms with Crippen molar-refractivity contribution in [2.75, 3.05) is 44.3 Å². The molecule has 1 saturated heterocycles. The Hall–Kier alpha value is -2.19. The van der Waals surface area contributed by atoms with Crippen LogP contribution in [0.15, 0.2) is 23.2 Å². The van der Waals surface area contributed by atoms with Gasteiger partial charge in [0.05, 0.1) is 36.1 Å². The monoisotopic (exact) mass is 419 g/mol. The van der Waals surface area contributed by atoms with Crippen LogP contribution < -0.4 is 15.5 Å². The third kappa shape index (κ3) is 6.14.